The lowest BCUT2D eigenvalue weighted by molar-refractivity contribution is -0.131. The minimum Gasteiger partial charge on any atom is -0.464 e. The summed E-state index contributed by atoms with van der Waals surface area (Å²) < 4.78 is 5.75. The Labute approximate surface area is 148 Å². The van der Waals surface area contributed by atoms with E-state index >= 15 is 0 Å². The number of aryl methyl sites for hydroxylation is 3. The molecule has 3 aromatic rings. The zero-order chi connectivity index (χ0) is 17.6. The van der Waals surface area contributed by atoms with E-state index in [1.807, 2.05) is 11.9 Å². The Morgan fingerprint density at radius 1 is 1.20 bits per heavy atom. The summed E-state index contributed by atoms with van der Waals surface area (Å²) in [5.74, 6) is 0.141. The molecule has 0 spiro atoms. The molecule has 3 heteroatoms. The van der Waals surface area contributed by atoms with Crippen molar-refractivity contribution < 1.29 is 9.21 Å². The highest BCUT2D eigenvalue weighted by molar-refractivity contribution is 5.89. The molecular weight excluding hydrogens is 310 g/mol. The predicted octanol–water partition coefficient (Wildman–Crippen LogP) is 4.74. The van der Waals surface area contributed by atoms with Crippen molar-refractivity contribution in [1.82, 2.24) is 4.90 Å². The Bertz CT molecular complexity index is 954. The van der Waals surface area contributed by atoms with Crippen LogP contribution in [0.15, 0.2) is 47.1 Å². The summed E-state index contributed by atoms with van der Waals surface area (Å²) >= 11 is 0. The molecule has 0 radical (unpaired) electrons. The van der Waals surface area contributed by atoms with Crippen molar-refractivity contribution >= 4 is 16.9 Å². The summed E-state index contributed by atoms with van der Waals surface area (Å²) in [5, 5.41) is 1.05. The van der Waals surface area contributed by atoms with Crippen molar-refractivity contribution in [3.05, 3.63) is 70.5 Å². The van der Waals surface area contributed by atoms with E-state index in [4.69, 9.17) is 4.42 Å². The first kappa shape index (κ1) is 15.9. The average molecular weight is 333 g/mol. The number of nitrogens with zero attached hydrogens (tertiary/aromatic N) is 1. The maximum Gasteiger partial charge on any atom is 0.227 e. The fourth-order valence-corrected chi connectivity index (χ4v) is 3.92. The average Bonchev–Trinajstić information content (AvgIpc) is 3.22. The van der Waals surface area contributed by atoms with Crippen molar-refractivity contribution in [1.29, 1.82) is 0 Å². The lowest BCUT2D eigenvalue weighted by Crippen LogP contribution is -2.31. The van der Waals surface area contributed by atoms with Gasteiger partial charge in [-0.1, -0.05) is 36.4 Å². The Hall–Kier alpha value is -2.55. The monoisotopic (exact) mass is 333 g/mol. The first-order valence-electron chi connectivity index (χ1n) is 8.86. The Kier molecular flexibility index (Phi) is 3.87. The van der Waals surface area contributed by atoms with E-state index in [0.717, 1.165) is 34.9 Å². The zero-order valence-corrected chi connectivity index (χ0v) is 15.0. The van der Waals surface area contributed by atoms with Crippen LogP contribution in [0.1, 0.15) is 40.3 Å². The number of likely N-dealkylation sites (N-methyl/N-ethyl adjacent to an activating group) is 1. The molecule has 0 saturated carbocycles. The number of hydrogen-bond acceptors (Lipinski definition) is 2. The van der Waals surface area contributed by atoms with Gasteiger partial charge < -0.3 is 9.32 Å². The number of benzene rings is 2. The standard InChI is InChI=1S/C22H23NO2/c1-14-8-10-19-17(13-25-22(19)15(14)2)12-21(24)23(3)20-11-9-16-6-4-5-7-18(16)20/h4-8,10,13,20H,9,11-12H2,1-3H3/t20-/m0/s1. The molecule has 1 atom stereocenters. The van der Waals surface area contributed by atoms with E-state index in [2.05, 4.69) is 50.2 Å². The molecule has 0 N–H and O–H groups in total. The van der Waals surface area contributed by atoms with Gasteiger partial charge in [0.05, 0.1) is 18.7 Å². The van der Waals surface area contributed by atoms with Crippen LogP contribution in [0.3, 0.4) is 0 Å². The second-order valence-corrected chi connectivity index (χ2v) is 7.08. The summed E-state index contributed by atoms with van der Waals surface area (Å²) in [6.07, 6.45) is 4.17. The fourth-order valence-electron chi connectivity index (χ4n) is 3.92. The van der Waals surface area contributed by atoms with Crippen LogP contribution >= 0.6 is 0 Å². The molecule has 1 heterocycles. The molecule has 128 valence electrons. The molecule has 25 heavy (non-hydrogen) atoms. The van der Waals surface area contributed by atoms with Crippen LogP contribution in [0.25, 0.3) is 11.0 Å². The first-order valence-corrected chi connectivity index (χ1v) is 8.86. The van der Waals surface area contributed by atoms with Crippen molar-refractivity contribution in [3.63, 3.8) is 0 Å². The summed E-state index contributed by atoms with van der Waals surface area (Å²) in [6, 6.07) is 12.8. The molecule has 4 rings (SSSR count). The molecule has 0 aliphatic heterocycles. The van der Waals surface area contributed by atoms with Gasteiger partial charge in [0.1, 0.15) is 5.58 Å². The quantitative estimate of drug-likeness (QED) is 0.694. The molecular formula is C22H23NO2. The summed E-state index contributed by atoms with van der Waals surface area (Å²) in [7, 11) is 1.92. The normalized spacial score (nSPS) is 16.2. The molecule has 2 aromatic carbocycles. The third-order valence-corrected chi connectivity index (χ3v) is 5.65. The molecule has 1 aromatic heterocycles. The fraction of sp³-hybridized carbons (Fsp3) is 0.318. The molecule has 1 amide bonds. The van der Waals surface area contributed by atoms with Gasteiger partial charge in [-0.25, -0.2) is 0 Å². The topological polar surface area (TPSA) is 33.5 Å². The third kappa shape index (κ3) is 2.64. The van der Waals surface area contributed by atoms with Crippen LogP contribution in [-0.2, 0) is 17.6 Å². The third-order valence-electron chi connectivity index (χ3n) is 5.65. The van der Waals surface area contributed by atoms with Crippen LogP contribution < -0.4 is 0 Å². The zero-order valence-electron chi connectivity index (χ0n) is 15.0. The van der Waals surface area contributed by atoms with Gasteiger partial charge in [-0.2, -0.15) is 0 Å². The molecule has 3 nitrogen and oxygen atoms in total. The van der Waals surface area contributed by atoms with Gasteiger partial charge in [-0.15, -0.1) is 0 Å². The Morgan fingerprint density at radius 3 is 2.84 bits per heavy atom. The van der Waals surface area contributed by atoms with Crippen LogP contribution in [0.4, 0.5) is 0 Å². The Balaban J connectivity index is 1.58. The second kappa shape index (κ2) is 6.07. The van der Waals surface area contributed by atoms with Crippen molar-refractivity contribution in [2.75, 3.05) is 7.05 Å². The van der Waals surface area contributed by atoms with E-state index in [9.17, 15) is 4.79 Å². The van der Waals surface area contributed by atoms with E-state index in [0.29, 0.717) is 6.42 Å². The molecule has 0 unspecified atom stereocenters. The second-order valence-electron chi connectivity index (χ2n) is 7.08. The van der Waals surface area contributed by atoms with Gasteiger partial charge in [-0.3, -0.25) is 4.79 Å². The highest BCUT2D eigenvalue weighted by Gasteiger charge is 2.28. The van der Waals surface area contributed by atoms with Gasteiger partial charge in [0, 0.05) is 18.0 Å². The number of carbonyl (C=O) groups excluding carboxylic acids is 1. The number of furan rings is 1. The van der Waals surface area contributed by atoms with Gasteiger partial charge in [0.15, 0.2) is 0 Å². The predicted molar refractivity (Wildman–Crippen MR) is 99.7 cm³/mol. The van der Waals surface area contributed by atoms with E-state index in [1.165, 1.54) is 16.7 Å². The number of fused-ring (bicyclic) bond motifs is 2. The molecule has 0 saturated heterocycles. The maximum atomic E-state index is 12.9. The lowest BCUT2D eigenvalue weighted by Gasteiger charge is -2.25. The van der Waals surface area contributed by atoms with Crippen LogP contribution in [-0.4, -0.2) is 17.9 Å². The largest absolute Gasteiger partial charge is 0.464 e. The molecule has 0 bridgehead atoms. The maximum absolute atomic E-state index is 12.9. The minimum absolute atomic E-state index is 0.141. The van der Waals surface area contributed by atoms with Crippen molar-refractivity contribution in [2.45, 2.75) is 39.2 Å². The van der Waals surface area contributed by atoms with Gasteiger partial charge >= 0.3 is 0 Å². The van der Waals surface area contributed by atoms with Crippen molar-refractivity contribution in [2.24, 2.45) is 0 Å². The summed E-state index contributed by atoms with van der Waals surface area (Å²) in [5.41, 5.74) is 6.89. The van der Waals surface area contributed by atoms with Crippen LogP contribution in [0, 0.1) is 13.8 Å². The number of hydrogen-bond donors (Lipinski definition) is 0. The van der Waals surface area contributed by atoms with Crippen molar-refractivity contribution in [3.8, 4) is 0 Å². The van der Waals surface area contributed by atoms with Crippen LogP contribution in [0.5, 0.6) is 0 Å². The summed E-state index contributed by atoms with van der Waals surface area (Å²) in [4.78, 5) is 14.8. The smallest absolute Gasteiger partial charge is 0.227 e. The van der Waals surface area contributed by atoms with Gasteiger partial charge in [-0.05, 0) is 48.9 Å². The van der Waals surface area contributed by atoms with Gasteiger partial charge in [0.2, 0.25) is 5.91 Å². The SMILES string of the molecule is Cc1ccc2c(CC(=O)N(C)[C@H]3CCc4ccccc43)coc2c1C. The molecule has 1 aliphatic rings. The van der Waals surface area contributed by atoms with Crippen LogP contribution in [0.2, 0.25) is 0 Å². The number of rotatable bonds is 3. The first-order chi connectivity index (χ1) is 12.1. The lowest BCUT2D eigenvalue weighted by atomic mass is 10.0. The number of carbonyl (C=O) groups is 1. The minimum atomic E-state index is 0.141. The highest BCUT2D eigenvalue weighted by Crippen LogP contribution is 2.35. The summed E-state index contributed by atoms with van der Waals surface area (Å²) in [6.45, 7) is 4.14. The van der Waals surface area contributed by atoms with E-state index in [-0.39, 0.29) is 11.9 Å². The highest BCUT2D eigenvalue weighted by atomic mass is 16.3. The number of amides is 1. The van der Waals surface area contributed by atoms with E-state index < -0.39 is 0 Å². The molecule has 0 fully saturated rings. The van der Waals surface area contributed by atoms with E-state index in [1.54, 1.807) is 6.26 Å². The Morgan fingerprint density at radius 2 is 2.00 bits per heavy atom. The van der Waals surface area contributed by atoms with Gasteiger partial charge in [0.25, 0.3) is 0 Å². The molecule has 1 aliphatic carbocycles.